The Hall–Kier alpha value is -0.840. The van der Waals surface area contributed by atoms with Crippen LogP contribution in [0.5, 0.6) is 0 Å². The van der Waals surface area contributed by atoms with Gasteiger partial charge in [0, 0.05) is 36.9 Å². The Kier molecular flexibility index (Phi) is 4.80. The molecular formula is C13H20BrN3O. The van der Waals surface area contributed by atoms with Gasteiger partial charge in [-0.15, -0.1) is 0 Å². The van der Waals surface area contributed by atoms with Crippen molar-refractivity contribution in [1.29, 1.82) is 0 Å². The molecule has 1 aromatic heterocycles. The fourth-order valence-electron chi connectivity index (χ4n) is 2.61. The largest absolute Gasteiger partial charge is 0.349 e. The van der Waals surface area contributed by atoms with Crippen LogP contribution in [0, 0.1) is 0 Å². The third-order valence-corrected chi connectivity index (χ3v) is 4.12. The maximum Gasteiger partial charge on any atom is 0.293 e. The van der Waals surface area contributed by atoms with Crippen molar-refractivity contribution in [3.05, 3.63) is 22.7 Å². The van der Waals surface area contributed by atoms with E-state index < -0.39 is 0 Å². The summed E-state index contributed by atoms with van der Waals surface area (Å²) < 4.78 is 1.72. The fourth-order valence-corrected chi connectivity index (χ4v) is 2.93. The van der Waals surface area contributed by atoms with E-state index in [1.165, 1.54) is 6.42 Å². The van der Waals surface area contributed by atoms with E-state index >= 15 is 0 Å². The highest BCUT2D eigenvalue weighted by molar-refractivity contribution is 9.09. The van der Waals surface area contributed by atoms with Gasteiger partial charge in [0.2, 0.25) is 0 Å². The van der Waals surface area contributed by atoms with E-state index in [-0.39, 0.29) is 5.56 Å². The second kappa shape index (κ2) is 6.36. The average Bonchev–Trinajstić information content (AvgIpc) is 2.84. The van der Waals surface area contributed by atoms with E-state index in [4.69, 9.17) is 0 Å². The standard InChI is InChI=1S/C13H20BrN3O/c1-2-16-10-8-15-12(13(16)18)17-9-4-6-11(17)5-3-7-14/h8,10-11H,2-7,9H2,1H3. The molecular weight excluding hydrogens is 294 g/mol. The summed E-state index contributed by atoms with van der Waals surface area (Å²) in [6, 6.07) is 0.482. The zero-order chi connectivity index (χ0) is 13.0. The lowest BCUT2D eigenvalue weighted by Crippen LogP contribution is -2.36. The Morgan fingerprint density at radius 1 is 1.56 bits per heavy atom. The van der Waals surface area contributed by atoms with Crippen LogP contribution in [0.15, 0.2) is 17.2 Å². The zero-order valence-electron chi connectivity index (χ0n) is 10.8. The Morgan fingerprint density at radius 2 is 2.39 bits per heavy atom. The molecule has 0 bridgehead atoms. The molecule has 0 spiro atoms. The van der Waals surface area contributed by atoms with Crippen LogP contribution in [0.3, 0.4) is 0 Å². The maximum absolute atomic E-state index is 12.3. The fraction of sp³-hybridized carbons (Fsp3) is 0.692. The molecule has 0 saturated carbocycles. The summed E-state index contributed by atoms with van der Waals surface area (Å²) in [5, 5.41) is 1.03. The molecule has 18 heavy (non-hydrogen) atoms. The smallest absolute Gasteiger partial charge is 0.293 e. The second-order valence-corrected chi connectivity index (χ2v) is 5.46. The van der Waals surface area contributed by atoms with Gasteiger partial charge in [0.25, 0.3) is 5.56 Å². The molecule has 2 heterocycles. The highest BCUT2D eigenvalue weighted by Crippen LogP contribution is 2.24. The molecule has 1 aliphatic rings. The normalized spacial score (nSPS) is 19.4. The molecule has 1 unspecified atom stereocenters. The summed E-state index contributed by atoms with van der Waals surface area (Å²) in [4.78, 5) is 18.8. The van der Waals surface area contributed by atoms with Crippen LogP contribution < -0.4 is 10.5 Å². The predicted octanol–water partition coefficient (Wildman–Crippen LogP) is 2.41. The Bertz CT molecular complexity index is 446. The quantitative estimate of drug-likeness (QED) is 0.783. The van der Waals surface area contributed by atoms with Gasteiger partial charge in [0.1, 0.15) is 0 Å². The van der Waals surface area contributed by atoms with Crippen LogP contribution in [-0.2, 0) is 6.54 Å². The topological polar surface area (TPSA) is 38.1 Å². The van der Waals surface area contributed by atoms with Crippen molar-refractivity contribution in [2.75, 3.05) is 16.8 Å². The van der Waals surface area contributed by atoms with E-state index in [9.17, 15) is 4.79 Å². The van der Waals surface area contributed by atoms with Gasteiger partial charge in [-0.2, -0.15) is 0 Å². The summed E-state index contributed by atoms with van der Waals surface area (Å²) in [7, 11) is 0. The molecule has 0 amide bonds. The lowest BCUT2D eigenvalue weighted by molar-refractivity contribution is 0.593. The molecule has 4 nitrogen and oxygen atoms in total. The first-order valence-electron chi connectivity index (χ1n) is 6.66. The molecule has 2 rings (SSSR count). The molecule has 1 fully saturated rings. The first-order valence-corrected chi connectivity index (χ1v) is 7.78. The van der Waals surface area contributed by atoms with E-state index in [0.29, 0.717) is 18.4 Å². The Labute approximate surface area is 116 Å². The first-order chi connectivity index (χ1) is 8.77. The van der Waals surface area contributed by atoms with Gasteiger partial charge in [0.05, 0.1) is 0 Å². The third-order valence-electron chi connectivity index (χ3n) is 3.56. The second-order valence-electron chi connectivity index (χ2n) is 4.66. The minimum atomic E-state index is 0.0470. The van der Waals surface area contributed by atoms with Crippen LogP contribution in [0.1, 0.15) is 32.6 Å². The van der Waals surface area contributed by atoms with E-state index in [1.54, 1.807) is 17.0 Å². The molecule has 0 radical (unpaired) electrons. The summed E-state index contributed by atoms with van der Waals surface area (Å²) in [6.45, 7) is 3.65. The minimum absolute atomic E-state index is 0.0470. The van der Waals surface area contributed by atoms with Gasteiger partial charge in [-0.25, -0.2) is 4.98 Å². The Morgan fingerprint density at radius 3 is 3.11 bits per heavy atom. The minimum Gasteiger partial charge on any atom is -0.349 e. The van der Waals surface area contributed by atoms with E-state index in [0.717, 1.165) is 31.1 Å². The molecule has 1 saturated heterocycles. The van der Waals surface area contributed by atoms with Crippen molar-refractivity contribution >= 4 is 21.7 Å². The number of hydrogen-bond donors (Lipinski definition) is 0. The number of aryl methyl sites for hydroxylation is 1. The third kappa shape index (κ3) is 2.76. The monoisotopic (exact) mass is 313 g/mol. The van der Waals surface area contributed by atoms with Crippen LogP contribution in [0.4, 0.5) is 5.82 Å². The molecule has 5 heteroatoms. The highest BCUT2D eigenvalue weighted by atomic mass is 79.9. The van der Waals surface area contributed by atoms with Crippen molar-refractivity contribution in [3.8, 4) is 0 Å². The van der Waals surface area contributed by atoms with Crippen LogP contribution in [0.2, 0.25) is 0 Å². The van der Waals surface area contributed by atoms with Crippen LogP contribution in [-0.4, -0.2) is 27.5 Å². The van der Waals surface area contributed by atoms with E-state index in [1.807, 2.05) is 6.92 Å². The number of alkyl halides is 1. The number of hydrogen-bond acceptors (Lipinski definition) is 3. The molecule has 0 aromatic carbocycles. The van der Waals surface area contributed by atoms with Gasteiger partial charge >= 0.3 is 0 Å². The molecule has 100 valence electrons. The van der Waals surface area contributed by atoms with Crippen molar-refractivity contribution in [2.24, 2.45) is 0 Å². The maximum atomic E-state index is 12.3. The van der Waals surface area contributed by atoms with Gasteiger partial charge in [-0.1, -0.05) is 15.9 Å². The number of halogens is 1. The lowest BCUT2D eigenvalue weighted by Gasteiger charge is -2.25. The van der Waals surface area contributed by atoms with Gasteiger partial charge in [-0.3, -0.25) is 4.79 Å². The van der Waals surface area contributed by atoms with Crippen molar-refractivity contribution in [1.82, 2.24) is 9.55 Å². The molecule has 0 N–H and O–H groups in total. The molecule has 1 aromatic rings. The highest BCUT2D eigenvalue weighted by Gasteiger charge is 2.27. The van der Waals surface area contributed by atoms with Crippen molar-refractivity contribution < 1.29 is 0 Å². The number of aromatic nitrogens is 2. The number of rotatable bonds is 5. The summed E-state index contributed by atoms with van der Waals surface area (Å²) in [5.41, 5.74) is 0.0470. The Balaban J connectivity index is 2.22. The van der Waals surface area contributed by atoms with Crippen molar-refractivity contribution in [2.45, 2.75) is 45.2 Å². The average molecular weight is 314 g/mol. The number of nitrogens with zero attached hydrogens (tertiary/aromatic N) is 3. The van der Waals surface area contributed by atoms with E-state index in [2.05, 4.69) is 25.8 Å². The predicted molar refractivity (Wildman–Crippen MR) is 77.6 cm³/mol. The van der Waals surface area contributed by atoms with Crippen LogP contribution in [0.25, 0.3) is 0 Å². The zero-order valence-corrected chi connectivity index (χ0v) is 12.4. The molecule has 0 aliphatic carbocycles. The van der Waals surface area contributed by atoms with Crippen molar-refractivity contribution in [3.63, 3.8) is 0 Å². The molecule has 1 aliphatic heterocycles. The van der Waals surface area contributed by atoms with Gasteiger partial charge in [-0.05, 0) is 32.6 Å². The summed E-state index contributed by atoms with van der Waals surface area (Å²) in [5.74, 6) is 0.636. The summed E-state index contributed by atoms with van der Waals surface area (Å²) in [6.07, 6.45) is 8.11. The summed E-state index contributed by atoms with van der Waals surface area (Å²) >= 11 is 3.47. The van der Waals surface area contributed by atoms with Gasteiger partial charge < -0.3 is 9.47 Å². The molecule has 1 atom stereocenters. The first kappa shape index (κ1) is 13.6. The van der Waals surface area contributed by atoms with Crippen LogP contribution >= 0.6 is 15.9 Å². The lowest BCUT2D eigenvalue weighted by atomic mass is 10.1. The van der Waals surface area contributed by atoms with Gasteiger partial charge in [0.15, 0.2) is 5.82 Å². The number of anilines is 1. The SMILES string of the molecule is CCn1ccnc(N2CCCC2CCCBr)c1=O.